The van der Waals surface area contributed by atoms with Gasteiger partial charge in [0.1, 0.15) is 10.8 Å². The molecule has 0 bridgehead atoms. The number of aromatic nitrogens is 2. The van der Waals surface area contributed by atoms with Crippen molar-refractivity contribution in [3.05, 3.63) is 34.8 Å². The molecule has 0 atom stereocenters. The summed E-state index contributed by atoms with van der Waals surface area (Å²) in [6.07, 6.45) is 2.24. The maximum absolute atomic E-state index is 5.71. The van der Waals surface area contributed by atoms with Crippen molar-refractivity contribution in [3.63, 3.8) is 0 Å². The Hall–Kier alpha value is -1.50. The zero-order chi connectivity index (χ0) is 14.9. The van der Waals surface area contributed by atoms with Crippen molar-refractivity contribution >= 4 is 11.3 Å². The minimum Gasteiger partial charge on any atom is -0.430 e. The maximum atomic E-state index is 5.71. The number of rotatable bonds is 9. The van der Waals surface area contributed by atoms with Crippen LogP contribution < -0.4 is 10.1 Å². The molecule has 5 nitrogen and oxygen atoms in total. The second kappa shape index (κ2) is 8.71. The molecule has 0 fully saturated rings. The predicted molar refractivity (Wildman–Crippen MR) is 84.0 cm³/mol. The van der Waals surface area contributed by atoms with Crippen LogP contribution in [-0.4, -0.2) is 30.5 Å². The molecule has 1 heterocycles. The van der Waals surface area contributed by atoms with Crippen LogP contribution in [0.4, 0.5) is 0 Å². The van der Waals surface area contributed by atoms with Gasteiger partial charge in [0.15, 0.2) is 0 Å². The summed E-state index contributed by atoms with van der Waals surface area (Å²) in [6, 6.07) is 8.13. The molecule has 0 saturated heterocycles. The van der Waals surface area contributed by atoms with Gasteiger partial charge >= 0.3 is 0 Å². The first-order valence-corrected chi connectivity index (χ1v) is 7.92. The van der Waals surface area contributed by atoms with Gasteiger partial charge in [-0.3, -0.25) is 0 Å². The van der Waals surface area contributed by atoms with E-state index in [0.29, 0.717) is 18.3 Å². The fraction of sp³-hybridized carbons (Fsp3) is 0.467. The quantitative estimate of drug-likeness (QED) is 0.722. The van der Waals surface area contributed by atoms with Gasteiger partial charge in [0, 0.05) is 20.2 Å². The van der Waals surface area contributed by atoms with Crippen LogP contribution >= 0.6 is 11.3 Å². The number of nitrogens with zero attached hydrogens (tertiary/aromatic N) is 2. The first-order valence-electron chi connectivity index (χ1n) is 7.10. The molecule has 2 rings (SSSR count). The van der Waals surface area contributed by atoms with E-state index < -0.39 is 0 Å². The maximum Gasteiger partial charge on any atom is 0.299 e. The lowest BCUT2D eigenvalue weighted by atomic mass is 10.1. The summed E-state index contributed by atoms with van der Waals surface area (Å²) < 4.78 is 10.7. The molecule has 6 heteroatoms. The Balaban J connectivity index is 1.84. The molecule has 0 aliphatic carbocycles. The summed E-state index contributed by atoms with van der Waals surface area (Å²) in [6.45, 7) is 4.34. The molecular weight excluding hydrogens is 286 g/mol. The van der Waals surface area contributed by atoms with E-state index in [1.807, 2.05) is 12.1 Å². The minimum atomic E-state index is 0.571. The number of methoxy groups -OCH3 is 1. The normalized spacial score (nSPS) is 10.8. The Kier molecular flexibility index (Phi) is 6.59. The lowest BCUT2D eigenvalue weighted by Gasteiger charge is -2.02. The van der Waals surface area contributed by atoms with Gasteiger partial charge in [-0.25, -0.2) is 0 Å². The first kappa shape index (κ1) is 15.9. The van der Waals surface area contributed by atoms with E-state index >= 15 is 0 Å². The molecule has 0 amide bonds. The molecule has 0 aliphatic rings. The summed E-state index contributed by atoms with van der Waals surface area (Å²) in [5, 5.41) is 12.8. The largest absolute Gasteiger partial charge is 0.430 e. The van der Waals surface area contributed by atoms with E-state index in [9.17, 15) is 0 Å². The highest BCUT2D eigenvalue weighted by atomic mass is 32.1. The van der Waals surface area contributed by atoms with Crippen LogP contribution in [0.25, 0.3) is 0 Å². The van der Waals surface area contributed by atoms with Crippen LogP contribution in [0.5, 0.6) is 10.9 Å². The fourth-order valence-corrected chi connectivity index (χ4v) is 2.51. The van der Waals surface area contributed by atoms with Gasteiger partial charge in [0.25, 0.3) is 5.19 Å². The summed E-state index contributed by atoms with van der Waals surface area (Å²) in [5.41, 5.74) is 1.32. The van der Waals surface area contributed by atoms with Crippen molar-refractivity contribution in [1.29, 1.82) is 0 Å². The topological polar surface area (TPSA) is 56.3 Å². The smallest absolute Gasteiger partial charge is 0.299 e. The zero-order valence-electron chi connectivity index (χ0n) is 12.5. The average molecular weight is 307 g/mol. The highest BCUT2D eigenvalue weighted by molar-refractivity contribution is 7.13. The van der Waals surface area contributed by atoms with Gasteiger partial charge in [-0.1, -0.05) is 41.9 Å². The third-order valence-electron chi connectivity index (χ3n) is 2.87. The second-order valence-electron chi connectivity index (χ2n) is 4.63. The lowest BCUT2D eigenvalue weighted by molar-refractivity contribution is 0.199. The standard InChI is InChI=1S/C15H21N3O2S/c1-3-4-12-5-7-13(8-6-12)20-15-18-17-14(21-15)11-16-9-10-19-2/h5-8,16H,3-4,9-11H2,1-2H3. The molecule has 114 valence electrons. The number of ether oxygens (including phenoxy) is 2. The highest BCUT2D eigenvalue weighted by Gasteiger charge is 2.06. The molecule has 0 saturated carbocycles. The summed E-state index contributed by atoms with van der Waals surface area (Å²) >= 11 is 1.45. The van der Waals surface area contributed by atoms with Gasteiger partial charge in [-0.2, -0.15) is 0 Å². The molecule has 2 aromatic rings. The monoisotopic (exact) mass is 307 g/mol. The van der Waals surface area contributed by atoms with Crippen LogP contribution in [0.2, 0.25) is 0 Å². The molecule has 1 aromatic carbocycles. The predicted octanol–water partition coefficient (Wildman–Crippen LogP) is 3.02. The van der Waals surface area contributed by atoms with E-state index in [-0.39, 0.29) is 0 Å². The number of hydrogen-bond donors (Lipinski definition) is 1. The van der Waals surface area contributed by atoms with Crippen LogP contribution in [0.1, 0.15) is 23.9 Å². The SMILES string of the molecule is CCCc1ccc(Oc2nnc(CNCCOC)s2)cc1. The molecule has 1 N–H and O–H groups in total. The van der Waals surface area contributed by atoms with Crippen molar-refractivity contribution in [2.45, 2.75) is 26.3 Å². The van der Waals surface area contributed by atoms with Gasteiger partial charge in [-0.15, -0.1) is 5.10 Å². The van der Waals surface area contributed by atoms with Gasteiger partial charge in [-0.05, 0) is 24.1 Å². The van der Waals surface area contributed by atoms with E-state index in [0.717, 1.165) is 30.1 Å². The van der Waals surface area contributed by atoms with E-state index in [1.54, 1.807) is 7.11 Å². The van der Waals surface area contributed by atoms with Gasteiger partial charge in [0.2, 0.25) is 0 Å². The fourth-order valence-electron chi connectivity index (χ4n) is 1.83. The number of hydrogen-bond acceptors (Lipinski definition) is 6. The number of aryl methyl sites for hydroxylation is 1. The average Bonchev–Trinajstić information content (AvgIpc) is 2.94. The molecule has 1 aromatic heterocycles. The van der Waals surface area contributed by atoms with Crippen LogP contribution in [0.3, 0.4) is 0 Å². The summed E-state index contributed by atoms with van der Waals surface area (Å²) in [7, 11) is 1.68. The van der Waals surface area contributed by atoms with Gasteiger partial charge in [0.05, 0.1) is 6.61 Å². The molecule has 0 spiro atoms. The van der Waals surface area contributed by atoms with E-state index in [2.05, 4.69) is 34.6 Å². The highest BCUT2D eigenvalue weighted by Crippen LogP contribution is 2.25. The third kappa shape index (κ3) is 5.41. The molecular formula is C15H21N3O2S. The zero-order valence-corrected chi connectivity index (χ0v) is 13.3. The first-order chi connectivity index (χ1) is 10.3. The third-order valence-corrected chi connectivity index (χ3v) is 3.68. The molecule has 0 aliphatic heterocycles. The molecule has 0 radical (unpaired) electrons. The van der Waals surface area contributed by atoms with E-state index in [4.69, 9.17) is 9.47 Å². The van der Waals surface area contributed by atoms with Crippen molar-refractivity contribution in [3.8, 4) is 10.9 Å². The Morgan fingerprint density at radius 3 is 2.71 bits per heavy atom. The second-order valence-corrected chi connectivity index (χ2v) is 5.65. The van der Waals surface area contributed by atoms with Crippen LogP contribution in [0.15, 0.2) is 24.3 Å². The van der Waals surface area contributed by atoms with Crippen LogP contribution in [0, 0.1) is 0 Å². The summed E-state index contributed by atoms with van der Waals surface area (Å²) in [4.78, 5) is 0. The number of benzene rings is 1. The van der Waals surface area contributed by atoms with Crippen LogP contribution in [-0.2, 0) is 17.7 Å². The Bertz CT molecular complexity index is 528. The van der Waals surface area contributed by atoms with Crippen molar-refractivity contribution in [1.82, 2.24) is 15.5 Å². The van der Waals surface area contributed by atoms with Crippen molar-refractivity contribution < 1.29 is 9.47 Å². The van der Waals surface area contributed by atoms with Crippen molar-refractivity contribution in [2.75, 3.05) is 20.3 Å². The van der Waals surface area contributed by atoms with Crippen molar-refractivity contribution in [2.24, 2.45) is 0 Å². The number of nitrogens with one attached hydrogen (secondary N) is 1. The summed E-state index contributed by atoms with van der Waals surface area (Å²) in [5.74, 6) is 0.796. The minimum absolute atomic E-state index is 0.571. The Morgan fingerprint density at radius 2 is 2.00 bits per heavy atom. The molecule has 21 heavy (non-hydrogen) atoms. The Labute approximate surface area is 129 Å². The Morgan fingerprint density at radius 1 is 1.19 bits per heavy atom. The lowest BCUT2D eigenvalue weighted by Crippen LogP contribution is -2.18. The van der Waals surface area contributed by atoms with Gasteiger partial charge < -0.3 is 14.8 Å². The molecule has 0 unspecified atom stereocenters. The van der Waals surface area contributed by atoms with E-state index in [1.165, 1.54) is 16.9 Å².